The molecule has 1 aromatic rings. The molecule has 20 heavy (non-hydrogen) atoms. The summed E-state index contributed by atoms with van der Waals surface area (Å²) >= 11 is 1.52. The minimum atomic E-state index is -1.03. The molecule has 0 saturated heterocycles. The Hall–Kier alpha value is -2.00. The molecular formula is C14H16N2O3S. The third-order valence-corrected chi connectivity index (χ3v) is 4.24. The number of nitrogens with zero attached hydrogens (tertiary/aromatic N) is 1. The molecule has 1 unspecified atom stereocenters. The van der Waals surface area contributed by atoms with Crippen LogP contribution in [0.1, 0.15) is 30.3 Å². The van der Waals surface area contributed by atoms with E-state index in [1.807, 2.05) is 5.38 Å². The van der Waals surface area contributed by atoms with Crippen molar-refractivity contribution in [3.63, 3.8) is 0 Å². The fraction of sp³-hybridized carbons (Fsp3) is 0.429. The van der Waals surface area contributed by atoms with Crippen LogP contribution in [0.5, 0.6) is 0 Å². The summed E-state index contributed by atoms with van der Waals surface area (Å²) in [7, 11) is 0. The van der Waals surface area contributed by atoms with Crippen LogP contribution in [0.25, 0.3) is 0 Å². The molecule has 0 radical (unpaired) electrons. The average Bonchev–Trinajstić information content (AvgIpc) is 2.84. The van der Waals surface area contributed by atoms with Crippen LogP contribution in [-0.4, -0.2) is 34.1 Å². The summed E-state index contributed by atoms with van der Waals surface area (Å²) in [5, 5.41) is 13.9. The zero-order valence-electron chi connectivity index (χ0n) is 11.3. The van der Waals surface area contributed by atoms with Crippen LogP contribution in [0.15, 0.2) is 11.4 Å². The van der Waals surface area contributed by atoms with Crippen LogP contribution < -0.4 is 5.32 Å². The molecular weight excluding hydrogens is 276 g/mol. The van der Waals surface area contributed by atoms with Gasteiger partial charge in [0.15, 0.2) is 6.04 Å². The highest BCUT2D eigenvalue weighted by atomic mass is 32.1. The lowest BCUT2D eigenvalue weighted by Crippen LogP contribution is -2.53. The number of nitrogens with one attached hydrogen (secondary N) is 1. The van der Waals surface area contributed by atoms with Crippen LogP contribution >= 0.6 is 11.3 Å². The van der Waals surface area contributed by atoms with Gasteiger partial charge < -0.3 is 15.3 Å². The Morgan fingerprint density at radius 3 is 2.90 bits per heavy atom. The number of hydrogen-bond donors (Lipinski definition) is 2. The van der Waals surface area contributed by atoms with Crippen molar-refractivity contribution < 1.29 is 14.7 Å². The van der Waals surface area contributed by atoms with Gasteiger partial charge in [-0.2, -0.15) is 0 Å². The quantitative estimate of drug-likeness (QED) is 0.817. The number of carbonyl (C=O) groups excluding carboxylic acids is 1. The van der Waals surface area contributed by atoms with Crippen LogP contribution in [-0.2, 0) is 11.2 Å². The summed E-state index contributed by atoms with van der Waals surface area (Å²) < 4.78 is 0. The molecule has 1 atom stereocenters. The fourth-order valence-corrected chi connectivity index (χ4v) is 3.08. The first-order chi connectivity index (χ1) is 9.35. The number of carboxylic acid groups (broad SMARTS) is 1. The van der Waals surface area contributed by atoms with Gasteiger partial charge in [0.1, 0.15) is 0 Å². The highest BCUT2D eigenvalue weighted by Gasteiger charge is 2.37. The van der Waals surface area contributed by atoms with Crippen molar-refractivity contribution in [2.45, 2.75) is 31.8 Å². The molecule has 1 aliphatic heterocycles. The molecule has 2 N–H and O–H groups in total. The van der Waals surface area contributed by atoms with Crippen molar-refractivity contribution in [1.29, 1.82) is 0 Å². The van der Waals surface area contributed by atoms with E-state index >= 15 is 0 Å². The fourth-order valence-electron chi connectivity index (χ4n) is 2.18. The Morgan fingerprint density at radius 2 is 2.30 bits per heavy atom. The minimum absolute atomic E-state index is 0.372. The Kier molecular flexibility index (Phi) is 3.73. The number of amides is 2. The Labute approximate surface area is 121 Å². The SMILES string of the molecule is C#CC(C)(C)NC(=O)N1CCc2sccc2C1C(=O)O. The normalized spacial score (nSPS) is 18.1. The monoisotopic (exact) mass is 292 g/mol. The van der Waals surface area contributed by atoms with E-state index in [1.165, 1.54) is 16.2 Å². The molecule has 106 valence electrons. The van der Waals surface area contributed by atoms with E-state index in [-0.39, 0.29) is 0 Å². The standard InChI is InChI=1S/C14H16N2O3S/c1-4-14(2,3)15-13(19)16-7-5-10-9(6-8-20-10)11(16)12(17)18/h1,6,8,11H,5,7H2,2-3H3,(H,15,19)(H,17,18). The van der Waals surface area contributed by atoms with Gasteiger partial charge in [0.2, 0.25) is 0 Å². The molecule has 0 fully saturated rings. The first-order valence-corrected chi connectivity index (χ1v) is 7.09. The van der Waals surface area contributed by atoms with Crippen LogP contribution in [0.2, 0.25) is 0 Å². The van der Waals surface area contributed by atoms with Crippen LogP contribution in [0.4, 0.5) is 4.79 Å². The number of rotatable bonds is 2. The van der Waals surface area contributed by atoms with Gasteiger partial charge >= 0.3 is 12.0 Å². The minimum Gasteiger partial charge on any atom is -0.479 e. The second kappa shape index (κ2) is 5.17. The maximum Gasteiger partial charge on any atom is 0.331 e. The van der Waals surface area contributed by atoms with Crippen molar-refractivity contribution in [1.82, 2.24) is 10.2 Å². The number of hydrogen-bond acceptors (Lipinski definition) is 3. The van der Waals surface area contributed by atoms with Crippen molar-refractivity contribution in [3.05, 3.63) is 21.9 Å². The summed E-state index contributed by atoms with van der Waals surface area (Å²) in [6.45, 7) is 3.76. The van der Waals surface area contributed by atoms with E-state index < -0.39 is 23.6 Å². The molecule has 1 aliphatic rings. The summed E-state index contributed by atoms with van der Waals surface area (Å²) in [6, 6.07) is 0.376. The van der Waals surface area contributed by atoms with Gasteiger partial charge in [-0.15, -0.1) is 17.8 Å². The molecule has 2 rings (SSSR count). The van der Waals surface area contributed by atoms with Crippen LogP contribution in [0.3, 0.4) is 0 Å². The summed E-state index contributed by atoms with van der Waals surface area (Å²) in [6.07, 6.45) is 6.01. The van der Waals surface area contributed by atoms with Crippen molar-refractivity contribution in [2.24, 2.45) is 0 Å². The van der Waals surface area contributed by atoms with E-state index in [0.29, 0.717) is 18.5 Å². The van der Waals surface area contributed by atoms with Crippen molar-refractivity contribution in [3.8, 4) is 12.3 Å². The zero-order valence-corrected chi connectivity index (χ0v) is 12.2. The smallest absolute Gasteiger partial charge is 0.331 e. The molecule has 6 heteroatoms. The van der Waals surface area contributed by atoms with Gasteiger partial charge in [-0.3, -0.25) is 0 Å². The molecule has 2 heterocycles. The molecule has 0 aromatic carbocycles. The summed E-state index contributed by atoms with van der Waals surface area (Å²) in [5.74, 6) is 1.44. The molecule has 0 aliphatic carbocycles. The first-order valence-electron chi connectivity index (χ1n) is 6.21. The van der Waals surface area contributed by atoms with Crippen molar-refractivity contribution >= 4 is 23.3 Å². The van der Waals surface area contributed by atoms with E-state index in [2.05, 4.69) is 11.2 Å². The van der Waals surface area contributed by atoms with E-state index in [9.17, 15) is 14.7 Å². The predicted molar refractivity (Wildman–Crippen MR) is 76.5 cm³/mol. The number of urea groups is 1. The highest BCUT2D eigenvalue weighted by Crippen LogP contribution is 2.33. The highest BCUT2D eigenvalue weighted by molar-refractivity contribution is 7.10. The molecule has 0 bridgehead atoms. The van der Waals surface area contributed by atoms with Crippen LogP contribution in [0, 0.1) is 12.3 Å². The average molecular weight is 292 g/mol. The van der Waals surface area contributed by atoms with Gasteiger partial charge in [0, 0.05) is 11.4 Å². The summed E-state index contributed by atoms with van der Waals surface area (Å²) in [4.78, 5) is 26.1. The Bertz CT molecular complexity index is 585. The number of fused-ring (bicyclic) bond motifs is 1. The largest absolute Gasteiger partial charge is 0.479 e. The number of aliphatic carboxylic acids is 1. The molecule has 0 spiro atoms. The lowest BCUT2D eigenvalue weighted by atomic mass is 10.00. The Balaban J connectivity index is 2.27. The van der Waals surface area contributed by atoms with E-state index in [0.717, 1.165) is 4.88 Å². The molecule has 5 nitrogen and oxygen atoms in total. The molecule has 1 aromatic heterocycles. The Morgan fingerprint density at radius 1 is 1.60 bits per heavy atom. The van der Waals surface area contributed by atoms with E-state index in [4.69, 9.17) is 6.42 Å². The van der Waals surface area contributed by atoms with Gasteiger partial charge in [-0.05, 0) is 37.3 Å². The van der Waals surface area contributed by atoms with E-state index in [1.54, 1.807) is 19.9 Å². The number of carboxylic acids is 1. The first kappa shape index (κ1) is 14.4. The predicted octanol–water partition coefficient (Wildman–Crippen LogP) is 1.85. The second-order valence-electron chi connectivity index (χ2n) is 5.18. The van der Waals surface area contributed by atoms with Gasteiger partial charge in [0.05, 0.1) is 5.54 Å². The summed E-state index contributed by atoms with van der Waals surface area (Å²) in [5.41, 5.74) is -0.114. The van der Waals surface area contributed by atoms with Crippen molar-refractivity contribution in [2.75, 3.05) is 6.54 Å². The third-order valence-electron chi connectivity index (χ3n) is 3.24. The lowest BCUT2D eigenvalue weighted by molar-refractivity contribution is -0.142. The topological polar surface area (TPSA) is 69.6 Å². The maximum absolute atomic E-state index is 12.3. The number of carbonyl (C=O) groups is 2. The van der Waals surface area contributed by atoms with Gasteiger partial charge in [-0.25, -0.2) is 9.59 Å². The van der Waals surface area contributed by atoms with Gasteiger partial charge in [0.25, 0.3) is 0 Å². The van der Waals surface area contributed by atoms with Gasteiger partial charge in [-0.1, -0.05) is 5.92 Å². The lowest BCUT2D eigenvalue weighted by Gasteiger charge is -2.35. The number of thiophene rings is 1. The maximum atomic E-state index is 12.3. The third kappa shape index (κ3) is 2.63. The number of terminal acetylenes is 1. The molecule has 0 saturated carbocycles. The zero-order chi connectivity index (χ0) is 14.9. The second-order valence-corrected chi connectivity index (χ2v) is 6.18. The molecule has 2 amide bonds.